The van der Waals surface area contributed by atoms with Gasteiger partial charge in [-0.25, -0.2) is 19.3 Å². The molecule has 1 N–H and O–H groups in total. The molecule has 2 heterocycles. The van der Waals surface area contributed by atoms with Crippen LogP contribution in [0.25, 0.3) is 33.3 Å². The number of aromatic amines is 1. The first-order valence-corrected chi connectivity index (χ1v) is 9.05. The van der Waals surface area contributed by atoms with Crippen LogP contribution in [0.2, 0.25) is 0 Å². The third-order valence-corrected chi connectivity index (χ3v) is 4.64. The van der Waals surface area contributed by atoms with Crippen LogP contribution in [-0.4, -0.2) is 19.9 Å². The molecular weight excluding hydrogens is 367 g/mol. The van der Waals surface area contributed by atoms with Gasteiger partial charge in [-0.2, -0.15) is 0 Å². The second kappa shape index (κ2) is 7.16. The molecule has 0 amide bonds. The predicted octanol–water partition coefficient (Wildman–Crippen LogP) is 5.62. The van der Waals surface area contributed by atoms with E-state index in [1.807, 2.05) is 48.5 Å². The number of fused-ring (bicyclic) bond motifs is 1. The molecule has 0 aliphatic rings. The molecule has 0 atom stereocenters. The van der Waals surface area contributed by atoms with E-state index in [-0.39, 0.29) is 11.8 Å². The smallest absolute Gasteiger partial charge is 0.321 e. The summed E-state index contributed by atoms with van der Waals surface area (Å²) in [5, 5.41) is 0. The van der Waals surface area contributed by atoms with Gasteiger partial charge in [-0.05, 0) is 41.5 Å². The lowest BCUT2D eigenvalue weighted by molar-refractivity contribution is 0.443. The highest BCUT2D eigenvalue weighted by atomic mass is 19.1. The number of imidazole rings is 1. The molecule has 5 rings (SSSR count). The molecule has 2 aromatic heterocycles. The summed E-state index contributed by atoms with van der Waals surface area (Å²) in [4.78, 5) is 15.4. The van der Waals surface area contributed by atoms with Crippen LogP contribution in [-0.2, 0) is 0 Å². The molecule has 0 aliphatic carbocycles. The Labute approximate surface area is 165 Å². The van der Waals surface area contributed by atoms with Crippen LogP contribution in [0.4, 0.5) is 4.39 Å². The number of hydrogen-bond donors (Lipinski definition) is 1. The number of H-pyrrole nitrogens is 1. The summed E-state index contributed by atoms with van der Waals surface area (Å²) in [5.74, 6) is 0.247. The van der Waals surface area contributed by atoms with E-state index in [0.717, 1.165) is 22.2 Å². The van der Waals surface area contributed by atoms with Crippen LogP contribution in [0.15, 0.2) is 85.5 Å². The Bertz CT molecular complexity index is 1300. The van der Waals surface area contributed by atoms with Crippen LogP contribution in [0.1, 0.15) is 0 Å². The van der Waals surface area contributed by atoms with Gasteiger partial charge >= 0.3 is 6.01 Å². The standard InChI is InChI=1S/C23H15FN4O/c24-19-12-15(6-8-17(19)16-7-9-20-21(13-16)28-14-27-20)18-4-1-2-5-22(18)29-23-25-10-3-11-26-23/h1-14H,(H,27,28). The second-order valence-corrected chi connectivity index (χ2v) is 6.46. The Morgan fingerprint density at radius 2 is 1.55 bits per heavy atom. The van der Waals surface area contributed by atoms with Crippen molar-refractivity contribution in [2.45, 2.75) is 0 Å². The lowest BCUT2D eigenvalue weighted by Gasteiger charge is -2.11. The number of rotatable bonds is 4. The zero-order valence-electron chi connectivity index (χ0n) is 15.2. The Morgan fingerprint density at radius 3 is 2.41 bits per heavy atom. The van der Waals surface area contributed by atoms with Crippen LogP contribution in [0.5, 0.6) is 11.8 Å². The van der Waals surface area contributed by atoms with E-state index in [2.05, 4.69) is 19.9 Å². The van der Waals surface area contributed by atoms with E-state index in [4.69, 9.17) is 4.74 Å². The Balaban J connectivity index is 1.52. The van der Waals surface area contributed by atoms with Crippen LogP contribution >= 0.6 is 0 Å². The molecule has 29 heavy (non-hydrogen) atoms. The topological polar surface area (TPSA) is 63.7 Å². The molecule has 6 heteroatoms. The van der Waals surface area contributed by atoms with Gasteiger partial charge in [0.05, 0.1) is 17.4 Å². The number of hydrogen-bond acceptors (Lipinski definition) is 4. The van der Waals surface area contributed by atoms with Crippen molar-refractivity contribution < 1.29 is 9.13 Å². The van der Waals surface area contributed by atoms with Crippen molar-refractivity contribution in [3.05, 3.63) is 91.3 Å². The molecule has 0 bridgehead atoms. The summed E-state index contributed by atoms with van der Waals surface area (Å²) >= 11 is 0. The number of halogens is 1. The van der Waals surface area contributed by atoms with Crippen LogP contribution in [0, 0.1) is 5.82 Å². The van der Waals surface area contributed by atoms with E-state index in [0.29, 0.717) is 16.9 Å². The summed E-state index contributed by atoms with van der Waals surface area (Å²) in [7, 11) is 0. The van der Waals surface area contributed by atoms with Gasteiger partial charge in [-0.1, -0.05) is 36.4 Å². The lowest BCUT2D eigenvalue weighted by atomic mass is 9.99. The number of aromatic nitrogens is 4. The Morgan fingerprint density at radius 1 is 0.759 bits per heavy atom. The highest BCUT2D eigenvalue weighted by Crippen LogP contribution is 2.35. The molecule has 0 saturated carbocycles. The van der Waals surface area contributed by atoms with E-state index in [1.54, 1.807) is 30.9 Å². The highest BCUT2D eigenvalue weighted by Gasteiger charge is 2.12. The summed E-state index contributed by atoms with van der Waals surface area (Å²) in [6, 6.07) is 20.2. The quantitative estimate of drug-likeness (QED) is 0.438. The number of para-hydroxylation sites is 1. The SMILES string of the molecule is Fc1cc(-c2ccccc2Oc2ncccn2)ccc1-c1ccc2nc[nH]c2c1. The zero-order valence-corrected chi connectivity index (χ0v) is 15.2. The Kier molecular flexibility index (Phi) is 4.22. The average Bonchev–Trinajstić information content (AvgIpc) is 3.23. The largest absolute Gasteiger partial charge is 0.424 e. The van der Waals surface area contributed by atoms with Gasteiger partial charge in [0.1, 0.15) is 11.6 Å². The number of nitrogens with one attached hydrogen (secondary N) is 1. The first-order chi connectivity index (χ1) is 14.3. The fraction of sp³-hybridized carbons (Fsp3) is 0. The van der Waals surface area contributed by atoms with Gasteiger partial charge in [-0.15, -0.1) is 0 Å². The van der Waals surface area contributed by atoms with E-state index in [1.165, 1.54) is 6.07 Å². The van der Waals surface area contributed by atoms with E-state index < -0.39 is 0 Å². The zero-order chi connectivity index (χ0) is 19.6. The van der Waals surface area contributed by atoms with Crippen molar-refractivity contribution in [1.82, 2.24) is 19.9 Å². The molecule has 0 unspecified atom stereocenters. The summed E-state index contributed by atoms with van der Waals surface area (Å²) in [6.45, 7) is 0. The number of ether oxygens (including phenoxy) is 1. The van der Waals surface area contributed by atoms with Gasteiger partial charge in [0.25, 0.3) is 0 Å². The number of benzene rings is 3. The van der Waals surface area contributed by atoms with Crippen molar-refractivity contribution in [2.75, 3.05) is 0 Å². The maximum Gasteiger partial charge on any atom is 0.321 e. The third-order valence-electron chi connectivity index (χ3n) is 4.64. The minimum atomic E-state index is -0.313. The van der Waals surface area contributed by atoms with Gasteiger partial charge in [0.15, 0.2) is 0 Å². The lowest BCUT2D eigenvalue weighted by Crippen LogP contribution is -1.93. The first-order valence-electron chi connectivity index (χ1n) is 9.05. The molecule has 0 aliphatic heterocycles. The maximum absolute atomic E-state index is 15.0. The molecule has 0 fully saturated rings. The second-order valence-electron chi connectivity index (χ2n) is 6.46. The fourth-order valence-corrected chi connectivity index (χ4v) is 3.25. The van der Waals surface area contributed by atoms with E-state index in [9.17, 15) is 0 Å². The van der Waals surface area contributed by atoms with Crippen molar-refractivity contribution in [1.29, 1.82) is 0 Å². The minimum Gasteiger partial charge on any atom is -0.424 e. The maximum atomic E-state index is 15.0. The molecule has 0 spiro atoms. The monoisotopic (exact) mass is 382 g/mol. The molecule has 3 aromatic carbocycles. The first kappa shape index (κ1) is 17.1. The minimum absolute atomic E-state index is 0.241. The third kappa shape index (κ3) is 3.32. The van der Waals surface area contributed by atoms with Gasteiger partial charge in [0, 0.05) is 23.5 Å². The summed E-state index contributed by atoms with van der Waals surface area (Å²) in [5.41, 5.74) is 4.49. The van der Waals surface area contributed by atoms with Gasteiger partial charge < -0.3 is 9.72 Å². The van der Waals surface area contributed by atoms with Crippen LogP contribution < -0.4 is 4.74 Å². The normalized spacial score (nSPS) is 10.9. The van der Waals surface area contributed by atoms with Crippen LogP contribution in [0.3, 0.4) is 0 Å². The van der Waals surface area contributed by atoms with Crippen molar-refractivity contribution in [3.8, 4) is 34.0 Å². The molecule has 140 valence electrons. The summed E-state index contributed by atoms with van der Waals surface area (Å²) < 4.78 is 20.8. The molecular formula is C23H15FN4O. The fourth-order valence-electron chi connectivity index (χ4n) is 3.25. The average molecular weight is 382 g/mol. The molecule has 5 nitrogen and oxygen atoms in total. The summed E-state index contributed by atoms with van der Waals surface area (Å²) in [6.07, 6.45) is 4.84. The molecule has 5 aromatic rings. The van der Waals surface area contributed by atoms with Crippen molar-refractivity contribution in [2.24, 2.45) is 0 Å². The van der Waals surface area contributed by atoms with Gasteiger partial charge in [0.2, 0.25) is 0 Å². The van der Waals surface area contributed by atoms with Gasteiger partial charge in [-0.3, -0.25) is 0 Å². The number of nitrogens with zero attached hydrogens (tertiary/aromatic N) is 3. The highest BCUT2D eigenvalue weighted by molar-refractivity contribution is 5.82. The Hall–Kier alpha value is -4.06. The predicted molar refractivity (Wildman–Crippen MR) is 109 cm³/mol. The molecule has 0 radical (unpaired) electrons. The molecule has 0 saturated heterocycles. The van der Waals surface area contributed by atoms with Crippen molar-refractivity contribution in [3.63, 3.8) is 0 Å². The van der Waals surface area contributed by atoms with E-state index >= 15 is 4.39 Å². The van der Waals surface area contributed by atoms with Crippen molar-refractivity contribution >= 4 is 11.0 Å².